The number of fused-ring (bicyclic) bond motifs is 1. The summed E-state index contributed by atoms with van der Waals surface area (Å²) in [6.45, 7) is 8.61. The van der Waals surface area contributed by atoms with Gasteiger partial charge in [0.25, 0.3) is 0 Å². The normalized spacial score (nSPS) is 22.6. The molecular formula is C21H27N7O2. The van der Waals surface area contributed by atoms with Crippen LogP contribution in [0.1, 0.15) is 13.8 Å². The zero-order valence-corrected chi connectivity index (χ0v) is 17.3. The maximum absolute atomic E-state index is 5.97. The Balaban J connectivity index is 1.61. The number of nitrogens with two attached hydrogens (primary N) is 1. The van der Waals surface area contributed by atoms with Crippen molar-refractivity contribution in [3.63, 3.8) is 0 Å². The molecule has 0 amide bonds. The van der Waals surface area contributed by atoms with Crippen LogP contribution in [0, 0.1) is 0 Å². The highest BCUT2D eigenvalue weighted by Crippen LogP contribution is 2.30. The lowest BCUT2D eigenvalue weighted by Gasteiger charge is -2.36. The van der Waals surface area contributed by atoms with E-state index in [9.17, 15) is 0 Å². The van der Waals surface area contributed by atoms with E-state index in [4.69, 9.17) is 30.2 Å². The molecule has 30 heavy (non-hydrogen) atoms. The molecule has 9 nitrogen and oxygen atoms in total. The first-order valence-corrected chi connectivity index (χ1v) is 10.4. The van der Waals surface area contributed by atoms with Crippen LogP contribution in [0.4, 0.5) is 17.5 Å². The second kappa shape index (κ2) is 7.73. The van der Waals surface area contributed by atoms with Gasteiger partial charge in [-0.2, -0.15) is 9.97 Å². The quantitative estimate of drug-likeness (QED) is 0.633. The first-order valence-electron chi connectivity index (χ1n) is 10.4. The van der Waals surface area contributed by atoms with Crippen molar-refractivity contribution in [2.24, 2.45) is 0 Å². The van der Waals surface area contributed by atoms with Crippen LogP contribution in [0.5, 0.6) is 0 Å². The van der Waals surface area contributed by atoms with Crippen molar-refractivity contribution in [3.8, 4) is 11.4 Å². The van der Waals surface area contributed by atoms with Crippen LogP contribution in [-0.2, 0) is 9.47 Å². The molecule has 158 valence electrons. The molecule has 2 aromatic heterocycles. The number of morpholine rings is 2. The van der Waals surface area contributed by atoms with Crippen LogP contribution in [-0.4, -0.2) is 71.5 Å². The standard InChI is InChI=1S/C21H27N7O2/c1-13-11-28(12-14(2)30-13)21-25-19-17(20(26-21)27-6-8-29-9-7-27)23-18(24-19)15-4-3-5-16(22)10-15/h3-5,10,13-14H,6-9,11-12,22H2,1-2H3,(H,23,24,25,26)/t13-,14+. The zero-order valence-electron chi connectivity index (χ0n) is 17.3. The van der Waals surface area contributed by atoms with E-state index in [-0.39, 0.29) is 12.2 Å². The van der Waals surface area contributed by atoms with Gasteiger partial charge in [-0.25, -0.2) is 4.98 Å². The topological polar surface area (TPSA) is 105 Å². The summed E-state index contributed by atoms with van der Waals surface area (Å²) in [6.07, 6.45) is 0.254. The van der Waals surface area contributed by atoms with Crippen molar-refractivity contribution >= 4 is 28.6 Å². The fourth-order valence-corrected chi connectivity index (χ4v) is 4.18. The molecule has 1 aromatic carbocycles. The number of nitrogens with zero attached hydrogens (tertiary/aromatic N) is 5. The molecule has 2 aliphatic heterocycles. The Morgan fingerprint density at radius 3 is 2.53 bits per heavy atom. The number of benzene rings is 1. The lowest BCUT2D eigenvalue weighted by Crippen LogP contribution is -2.46. The van der Waals surface area contributed by atoms with Crippen LogP contribution in [0.15, 0.2) is 24.3 Å². The number of nitrogens with one attached hydrogen (secondary N) is 1. The molecular weight excluding hydrogens is 382 g/mol. The number of hydrogen-bond donors (Lipinski definition) is 2. The Kier molecular flexibility index (Phi) is 4.92. The predicted molar refractivity (Wildman–Crippen MR) is 117 cm³/mol. The van der Waals surface area contributed by atoms with E-state index in [1.54, 1.807) is 0 Å². The number of nitrogen functional groups attached to an aromatic ring is 1. The minimum atomic E-state index is 0.127. The third kappa shape index (κ3) is 3.66. The molecule has 0 saturated carbocycles. The zero-order chi connectivity index (χ0) is 20.7. The van der Waals surface area contributed by atoms with Gasteiger partial charge in [0.05, 0.1) is 25.4 Å². The lowest BCUT2D eigenvalue weighted by molar-refractivity contribution is -0.00570. The van der Waals surface area contributed by atoms with E-state index in [1.807, 2.05) is 24.3 Å². The summed E-state index contributed by atoms with van der Waals surface area (Å²) < 4.78 is 11.4. The van der Waals surface area contributed by atoms with Gasteiger partial charge in [0.1, 0.15) is 11.3 Å². The number of hydrogen-bond acceptors (Lipinski definition) is 8. The van der Waals surface area contributed by atoms with Crippen LogP contribution >= 0.6 is 0 Å². The Hall–Kier alpha value is -2.91. The highest BCUT2D eigenvalue weighted by atomic mass is 16.5. The van der Waals surface area contributed by atoms with Gasteiger partial charge in [0.15, 0.2) is 11.5 Å². The molecule has 2 aliphatic rings. The average molecular weight is 409 g/mol. The maximum Gasteiger partial charge on any atom is 0.229 e. The Bertz CT molecular complexity index is 1040. The highest BCUT2D eigenvalue weighted by molar-refractivity contribution is 5.87. The van der Waals surface area contributed by atoms with Gasteiger partial charge in [0.2, 0.25) is 5.95 Å². The number of imidazole rings is 1. The molecule has 2 fully saturated rings. The summed E-state index contributed by atoms with van der Waals surface area (Å²) in [5.41, 5.74) is 9.10. The van der Waals surface area contributed by atoms with Crippen molar-refractivity contribution in [3.05, 3.63) is 24.3 Å². The Labute approximate surface area is 175 Å². The molecule has 2 saturated heterocycles. The molecule has 4 heterocycles. The third-order valence-electron chi connectivity index (χ3n) is 5.49. The molecule has 0 aliphatic carbocycles. The van der Waals surface area contributed by atoms with E-state index in [1.165, 1.54) is 0 Å². The first kappa shape index (κ1) is 19.1. The van der Waals surface area contributed by atoms with E-state index in [0.29, 0.717) is 30.5 Å². The van der Waals surface area contributed by atoms with Gasteiger partial charge >= 0.3 is 0 Å². The van der Waals surface area contributed by atoms with Crippen molar-refractivity contribution < 1.29 is 9.47 Å². The Morgan fingerprint density at radius 2 is 1.80 bits per heavy atom. The summed E-state index contributed by atoms with van der Waals surface area (Å²) in [6, 6.07) is 7.69. The highest BCUT2D eigenvalue weighted by Gasteiger charge is 2.27. The van der Waals surface area contributed by atoms with Gasteiger partial charge in [-0.1, -0.05) is 12.1 Å². The summed E-state index contributed by atoms with van der Waals surface area (Å²) in [5.74, 6) is 2.30. The molecule has 2 atom stereocenters. The molecule has 5 rings (SSSR count). The molecule has 0 spiro atoms. The fourth-order valence-electron chi connectivity index (χ4n) is 4.18. The number of H-pyrrole nitrogens is 1. The van der Waals surface area contributed by atoms with Crippen LogP contribution < -0.4 is 15.5 Å². The number of ether oxygens (including phenoxy) is 2. The molecule has 0 radical (unpaired) electrons. The first-order chi connectivity index (χ1) is 14.6. The number of rotatable bonds is 3. The number of aromatic amines is 1. The van der Waals surface area contributed by atoms with Gasteiger partial charge in [-0.15, -0.1) is 0 Å². The van der Waals surface area contributed by atoms with Gasteiger partial charge < -0.3 is 30.0 Å². The molecule has 0 bridgehead atoms. The Morgan fingerprint density at radius 1 is 1.03 bits per heavy atom. The minimum Gasteiger partial charge on any atom is -0.399 e. The molecule has 9 heteroatoms. The monoisotopic (exact) mass is 409 g/mol. The van der Waals surface area contributed by atoms with Gasteiger partial charge in [-0.05, 0) is 26.0 Å². The summed E-state index contributed by atoms with van der Waals surface area (Å²) >= 11 is 0. The summed E-state index contributed by atoms with van der Waals surface area (Å²) in [5, 5.41) is 0. The predicted octanol–water partition coefficient (Wildman–Crippen LogP) is 2.05. The van der Waals surface area contributed by atoms with Crippen molar-refractivity contribution in [2.75, 3.05) is 54.9 Å². The van der Waals surface area contributed by atoms with Gasteiger partial charge in [-0.3, -0.25) is 0 Å². The van der Waals surface area contributed by atoms with E-state index >= 15 is 0 Å². The van der Waals surface area contributed by atoms with Crippen molar-refractivity contribution in [2.45, 2.75) is 26.1 Å². The second-order valence-corrected chi connectivity index (χ2v) is 8.02. The van der Waals surface area contributed by atoms with E-state index in [2.05, 4.69) is 28.6 Å². The molecule has 3 N–H and O–H groups in total. The maximum atomic E-state index is 5.97. The van der Waals surface area contributed by atoms with E-state index in [0.717, 1.165) is 48.9 Å². The largest absolute Gasteiger partial charge is 0.399 e. The molecule has 3 aromatic rings. The minimum absolute atomic E-state index is 0.127. The smallest absolute Gasteiger partial charge is 0.229 e. The van der Waals surface area contributed by atoms with E-state index < -0.39 is 0 Å². The molecule has 0 unspecified atom stereocenters. The van der Waals surface area contributed by atoms with Crippen molar-refractivity contribution in [1.29, 1.82) is 0 Å². The summed E-state index contributed by atoms with van der Waals surface area (Å²) in [7, 11) is 0. The second-order valence-electron chi connectivity index (χ2n) is 8.02. The third-order valence-corrected chi connectivity index (χ3v) is 5.49. The average Bonchev–Trinajstić information content (AvgIpc) is 3.17. The van der Waals surface area contributed by atoms with Crippen molar-refractivity contribution in [1.82, 2.24) is 19.9 Å². The fraction of sp³-hybridized carbons (Fsp3) is 0.476. The SMILES string of the molecule is C[C@@H]1CN(c2nc(N3CCOCC3)c3[nH]c(-c4cccc(N)c4)nc3n2)C[C@H](C)O1. The number of aromatic nitrogens is 4. The summed E-state index contributed by atoms with van der Waals surface area (Å²) in [4.78, 5) is 22.5. The lowest BCUT2D eigenvalue weighted by atomic mass is 10.2. The number of anilines is 3. The van der Waals surface area contributed by atoms with Crippen LogP contribution in [0.3, 0.4) is 0 Å². The van der Waals surface area contributed by atoms with Crippen LogP contribution in [0.2, 0.25) is 0 Å². The van der Waals surface area contributed by atoms with Gasteiger partial charge in [0, 0.05) is 37.4 Å². The van der Waals surface area contributed by atoms with Crippen LogP contribution in [0.25, 0.3) is 22.6 Å².